The van der Waals surface area contributed by atoms with Crippen molar-refractivity contribution in [3.8, 4) is 5.75 Å². The molecule has 2 N–H and O–H groups in total. The third-order valence-electron chi connectivity index (χ3n) is 4.20. The number of hydrogen-bond donors (Lipinski definition) is 2. The van der Waals surface area contributed by atoms with Gasteiger partial charge in [0.2, 0.25) is 5.91 Å². The molecular formula is C17H22ClF3N2O4. The zero-order chi connectivity index (χ0) is 19.2. The van der Waals surface area contributed by atoms with Gasteiger partial charge in [-0.3, -0.25) is 14.5 Å². The van der Waals surface area contributed by atoms with Crippen LogP contribution in [-0.2, 0) is 16.0 Å². The first-order valence-electron chi connectivity index (χ1n) is 8.29. The number of alkyl halides is 3. The Hall–Kier alpha value is -2.00. The second kappa shape index (κ2) is 10.4. The standard InChI is InChI=1S/C17H21F3N2O4.ClH/c18-17(19,20)26-14-3-1-12(2-4-14)5-8-21-15(23)11-22-9-6-13(7-10-22)16(24)25;/h1-4,13H,5-11H2,(H,21,23)(H,24,25);1H. The second-order valence-corrected chi connectivity index (χ2v) is 6.18. The van der Waals surface area contributed by atoms with E-state index in [0.29, 0.717) is 38.9 Å². The molecule has 152 valence electrons. The van der Waals surface area contributed by atoms with Crippen molar-refractivity contribution in [3.63, 3.8) is 0 Å². The van der Waals surface area contributed by atoms with E-state index < -0.39 is 12.3 Å². The lowest BCUT2D eigenvalue weighted by Crippen LogP contribution is -2.43. The number of piperidine rings is 1. The van der Waals surface area contributed by atoms with Crippen molar-refractivity contribution in [2.75, 3.05) is 26.2 Å². The fraction of sp³-hybridized carbons (Fsp3) is 0.529. The average molecular weight is 411 g/mol. The molecule has 1 aliphatic rings. The van der Waals surface area contributed by atoms with Crippen LogP contribution >= 0.6 is 12.4 Å². The molecule has 1 aliphatic heterocycles. The highest BCUT2D eigenvalue weighted by Gasteiger charge is 2.31. The molecule has 27 heavy (non-hydrogen) atoms. The highest BCUT2D eigenvalue weighted by atomic mass is 35.5. The molecule has 1 aromatic rings. The van der Waals surface area contributed by atoms with Crippen LogP contribution in [0.25, 0.3) is 0 Å². The SMILES string of the molecule is Cl.O=C(CN1CCC(C(=O)O)CC1)NCCc1ccc(OC(F)(F)F)cc1. The molecule has 1 heterocycles. The highest BCUT2D eigenvalue weighted by molar-refractivity contribution is 5.85. The molecule has 0 unspecified atom stereocenters. The fourth-order valence-electron chi connectivity index (χ4n) is 2.80. The van der Waals surface area contributed by atoms with E-state index in [4.69, 9.17) is 5.11 Å². The monoisotopic (exact) mass is 410 g/mol. The summed E-state index contributed by atoms with van der Waals surface area (Å²) in [5.41, 5.74) is 0.780. The molecular weight excluding hydrogens is 389 g/mol. The second-order valence-electron chi connectivity index (χ2n) is 6.18. The van der Waals surface area contributed by atoms with Crippen molar-refractivity contribution >= 4 is 24.3 Å². The summed E-state index contributed by atoms with van der Waals surface area (Å²) >= 11 is 0. The van der Waals surface area contributed by atoms with E-state index in [1.165, 1.54) is 24.3 Å². The lowest BCUT2D eigenvalue weighted by molar-refractivity contribution is -0.274. The number of ether oxygens (including phenoxy) is 1. The van der Waals surface area contributed by atoms with E-state index in [-0.39, 0.29) is 36.5 Å². The van der Waals surface area contributed by atoms with Gasteiger partial charge in [0.15, 0.2) is 0 Å². The van der Waals surface area contributed by atoms with Crippen LogP contribution < -0.4 is 10.1 Å². The van der Waals surface area contributed by atoms with Crippen LogP contribution in [0.15, 0.2) is 24.3 Å². The van der Waals surface area contributed by atoms with Crippen LogP contribution in [0, 0.1) is 5.92 Å². The number of carbonyl (C=O) groups is 2. The molecule has 1 fully saturated rings. The Morgan fingerprint density at radius 1 is 1.19 bits per heavy atom. The molecule has 0 radical (unpaired) electrons. The number of benzene rings is 1. The van der Waals surface area contributed by atoms with Gasteiger partial charge >= 0.3 is 12.3 Å². The number of rotatable bonds is 7. The Bertz CT molecular complexity index is 618. The predicted molar refractivity (Wildman–Crippen MR) is 93.9 cm³/mol. The summed E-state index contributed by atoms with van der Waals surface area (Å²) in [5.74, 6) is -1.56. The van der Waals surface area contributed by atoms with E-state index >= 15 is 0 Å². The number of carboxylic acids is 1. The molecule has 1 saturated heterocycles. The molecule has 1 aromatic carbocycles. The summed E-state index contributed by atoms with van der Waals surface area (Å²) in [6.45, 7) is 1.73. The Labute approximate surface area is 161 Å². The minimum absolute atomic E-state index is 0. The Balaban J connectivity index is 0.00000364. The molecule has 0 spiro atoms. The molecule has 0 aliphatic carbocycles. The molecule has 0 aromatic heterocycles. The Morgan fingerprint density at radius 2 is 1.78 bits per heavy atom. The quantitative estimate of drug-likeness (QED) is 0.722. The Kier molecular flexibility index (Phi) is 8.84. The summed E-state index contributed by atoms with van der Waals surface area (Å²) in [7, 11) is 0. The topological polar surface area (TPSA) is 78.9 Å². The predicted octanol–water partition coefficient (Wildman–Crippen LogP) is 2.46. The van der Waals surface area contributed by atoms with Crippen LogP contribution in [0.5, 0.6) is 5.75 Å². The molecule has 6 nitrogen and oxygen atoms in total. The minimum Gasteiger partial charge on any atom is -0.481 e. The van der Waals surface area contributed by atoms with Gasteiger partial charge in [-0.1, -0.05) is 12.1 Å². The Morgan fingerprint density at radius 3 is 2.30 bits per heavy atom. The fourth-order valence-corrected chi connectivity index (χ4v) is 2.80. The first kappa shape index (κ1) is 23.0. The summed E-state index contributed by atoms with van der Waals surface area (Å²) in [5, 5.41) is 11.7. The number of halogens is 4. The van der Waals surface area contributed by atoms with E-state index in [9.17, 15) is 22.8 Å². The number of carbonyl (C=O) groups excluding carboxylic acids is 1. The first-order chi connectivity index (χ1) is 12.2. The van der Waals surface area contributed by atoms with Crippen molar-refractivity contribution in [1.82, 2.24) is 10.2 Å². The molecule has 0 bridgehead atoms. The lowest BCUT2D eigenvalue weighted by atomic mass is 9.97. The number of nitrogens with one attached hydrogen (secondary N) is 1. The number of carboxylic acid groups (broad SMARTS) is 1. The number of aliphatic carboxylic acids is 1. The molecule has 1 amide bonds. The van der Waals surface area contributed by atoms with Crippen LogP contribution in [0.1, 0.15) is 18.4 Å². The van der Waals surface area contributed by atoms with Gasteiger partial charge in [0.05, 0.1) is 12.5 Å². The van der Waals surface area contributed by atoms with E-state index in [1.807, 2.05) is 4.90 Å². The average Bonchev–Trinajstić information content (AvgIpc) is 2.55. The van der Waals surface area contributed by atoms with Crippen molar-refractivity contribution in [2.45, 2.75) is 25.6 Å². The highest BCUT2D eigenvalue weighted by Crippen LogP contribution is 2.22. The first-order valence-corrected chi connectivity index (χ1v) is 8.29. The van der Waals surface area contributed by atoms with Gasteiger partial charge in [0, 0.05) is 6.54 Å². The van der Waals surface area contributed by atoms with Gasteiger partial charge < -0.3 is 15.2 Å². The smallest absolute Gasteiger partial charge is 0.481 e. The van der Waals surface area contributed by atoms with Gasteiger partial charge in [0.25, 0.3) is 0 Å². The summed E-state index contributed by atoms with van der Waals surface area (Å²) in [4.78, 5) is 24.7. The van der Waals surface area contributed by atoms with Crippen LogP contribution in [0.2, 0.25) is 0 Å². The largest absolute Gasteiger partial charge is 0.573 e. The van der Waals surface area contributed by atoms with Crippen molar-refractivity contribution < 1.29 is 32.6 Å². The number of likely N-dealkylation sites (tertiary alicyclic amines) is 1. The molecule has 2 rings (SSSR count). The van der Waals surface area contributed by atoms with E-state index in [2.05, 4.69) is 10.1 Å². The van der Waals surface area contributed by atoms with Crippen LogP contribution in [-0.4, -0.2) is 54.4 Å². The van der Waals surface area contributed by atoms with Gasteiger partial charge in [0.1, 0.15) is 5.75 Å². The zero-order valence-corrected chi connectivity index (χ0v) is 15.3. The van der Waals surface area contributed by atoms with Crippen molar-refractivity contribution in [3.05, 3.63) is 29.8 Å². The van der Waals surface area contributed by atoms with Gasteiger partial charge in [-0.15, -0.1) is 25.6 Å². The third kappa shape index (κ3) is 8.49. The number of nitrogens with zero attached hydrogens (tertiary/aromatic N) is 1. The zero-order valence-electron chi connectivity index (χ0n) is 14.5. The van der Waals surface area contributed by atoms with Gasteiger partial charge in [-0.05, 0) is 50.0 Å². The minimum atomic E-state index is -4.71. The maximum atomic E-state index is 12.1. The van der Waals surface area contributed by atoms with Crippen molar-refractivity contribution in [1.29, 1.82) is 0 Å². The maximum Gasteiger partial charge on any atom is 0.573 e. The van der Waals surface area contributed by atoms with E-state index in [0.717, 1.165) is 5.56 Å². The summed E-state index contributed by atoms with van der Waals surface area (Å²) in [6.07, 6.45) is -3.16. The number of hydrogen-bond acceptors (Lipinski definition) is 4. The number of amides is 1. The van der Waals surface area contributed by atoms with E-state index in [1.54, 1.807) is 0 Å². The summed E-state index contributed by atoms with van der Waals surface area (Å²) in [6, 6.07) is 5.50. The molecule has 0 atom stereocenters. The third-order valence-corrected chi connectivity index (χ3v) is 4.20. The van der Waals surface area contributed by atoms with Gasteiger partial charge in [-0.25, -0.2) is 0 Å². The van der Waals surface area contributed by atoms with Crippen molar-refractivity contribution in [2.24, 2.45) is 5.92 Å². The van der Waals surface area contributed by atoms with Gasteiger partial charge in [-0.2, -0.15) is 0 Å². The maximum absolute atomic E-state index is 12.1. The molecule has 10 heteroatoms. The van der Waals surface area contributed by atoms with Crippen LogP contribution in [0.3, 0.4) is 0 Å². The summed E-state index contributed by atoms with van der Waals surface area (Å²) < 4.78 is 40.0. The molecule has 0 saturated carbocycles. The van der Waals surface area contributed by atoms with Crippen LogP contribution in [0.4, 0.5) is 13.2 Å². The lowest BCUT2D eigenvalue weighted by Gasteiger charge is -2.29. The normalized spacial score (nSPS) is 15.7.